The maximum Gasteiger partial charge on any atom is 0.195 e. The van der Waals surface area contributed by atoms with Crippen LogP contribution < -0.4 is 0 Å². The standard InChI is InChI=1S/C15H19N3S/c1-2-6-14-16-17-15(19)18(14)13-10-5-8-11-7-3-4-9-12(11)13/h3-4,7,9,13H,2,5-6,8,10H2,1H3,(H,17,19). The third kappa shape index (κ3) is 2.25. The van der Waals surface area contributed by atoms with Gasteiger partial charge in [0.05, 0.1) is 6.04 Å². The molecule has 1 aliphatic carbocycles. The van der Waals surface area contributed by atoms with Gasteiger partial charge in [-0.2, -0.15) is 5.10 Å². The minimum atomic E-state index is 0.359. The van der Waals surface area contributed by atoms with E-state index < -0.39 is 0 Å². The van der Waals surface area contributed by atoms with Gasteiger partial charge in [-0.25, -0.2) is 0 Å². The Morgan fingerprint density at radius 3 is 3.11 bits per heavy atom. The zero-order valence-electron chi connectivity index (χ0n) is 11.2. The number of hydrogen-bond donors (Lipinski definition) is 1. The van der Waals surface area contributed by atoms with Crippen molar-refractivity contribution in [3.8, 4) is 0 Å². The molecule has 2 aromatic rings. The van der Waals surface area contributed by atoms with Crippen molar-refractivity contribution < 1.29 is 0 Å². The summed E-state index contributed by atoms with van der Waals surface area (Å²) in [5.41, 5.74) is 2.88. The Hall–Kier alpha value is -1.42. The van der Waals surface area contributed by atoms with Crippen molar-refractivity contribution in [1.82, 2.24) is 14.8 Å². The van der Waals surface area contributed by atoms with Crippen molar-refractivity contribution in [1.29, 1.82) is 0 Å². The summed E-state index contributed by atoms with van der Waals surface area (Å²) in [5.74, 6) is 1.09. The smallest absolute Gasteiger partial charge is 0.195 e. The number of aryl methyl sites for hydroxylation is 2. The maximum absolute atomic E-state index is 5.44. The van der Waals surface area contributed by atoms with Crippen LogP contribution in [0.5, 0.6) is 0 Å². The molecule has 19 heavy (non-hydrogen) atoms. The maximum atomic E-state index is 5.44. The van der Waals surface area contributed by atoms with E-state index in [2.05, 4.69) is 46.0 Å². The van der Waals surface area contributed by atoms with Crippen molar-refractivity contribution in [2.75, 3.05) is 0 Å². The van der Waals surface area contributed by atoms with E-state index >= 15 is 0 Å². The van der Waals surface area contributed by atoms with Gasteiger partial charge in [-0.1, -0.05) is 31.2 Å². The third-order valence-electron chi connectivity index (χ3n) is 3.90. The first kappa shape index (κ1) is 12.6. The molecule has 1 aliphatic rings. The number of rotatable bonds is 3. The molecule has 4 heteroatoms. The molecule has 1 unspecified atom stereocenters. The lowest BCUT2D eigenvalue weighted by Crippen LogP contribution is -2.19. The number of benzene rings is 1. The van der Waals surface area contributed by atoms with Gasteiger partial charge in [0.15, 0.2) is 4.77 Å². The SMILES string of the molecule is CCCc1n[nH]c(=S)n1C1CCCc2ccccc21. The molecule has 0 aliphatic heterocycles. The molecule has 1 N–H and O–H groups in total. The molecule has 1 aromatic heterocycles. The van der Waals surface area contributed by atoms with E-state index in [4.69, 9.17) is 12.2 Å². The van der Waals surface area contributed by atoms with E-state index in [1.807, 2.05) is 0 Å². The van der Waals surface area contributed by atoms with Gasteiger partial charge in [-0.05, 0) is 49.0 Å². The highest BCUT2D eigenvalue weighted by Crippen LogP contribution is 2.33. The summed E-state index contributed by atoms with van der Waals surface area (Å²) in [5, 5.41) is 7.37. The first-order valence-corrected chi connectivity index (χ1v) is 7.45. The summed E-state index contributed by atoms with van der Waals surface area (Å²) < 4.78 is 2.99. The Kier molecular flexibility index (Phi) is 3.51. The van der Waals surface area contributed by atoms with Crippen molar-refractivity contribution in [2.24, 2.45) is 0 Å². The van der Waals surface area contributed by atoms with Gasteiger partial charge in [0.2, 0.25) is 0 Å². The molecule has 0 saturated carbocycles. The van der Waals surface area contributed by atoms with Crippen LogP contribution in [0.3, 0.4) is 0 Å². The minimum Gasteiger partial charge on any atom is -0.297 e. The van der Waals surface area contributed by atoms with Gasteiger partial charge >= 0.3 is 0 Å². The summed E-state index contributed by atoms with van der Waals surface area (Å²) in [6, 6.07) is 9.09. The molecular weight excluding hydrogens is 254 g/mol. The summed E-state index contributed by atoms with van der Waals surface area (Å²) >= 11 is 5.44. The third-order valence-corrected chi connectivity index (χ3v) is 4.19. The van der Waals surface area contributed by atoms with Gasteiger partial charge in [-0.3, -0.25) is 9.67 Å². The summed E-state index contributed by atoms with van der Waals surface area (Å²) in [4.78, 5) is 0. The van der Waals surface area contributed by atoms with Crippen LogP contribution in [0.15, 0.2) is 24.3 Å². The van der Waals surface area contributed by atoms with Crippen molar-refractivity contribution in [3.63, 3.8) is 0 Å². The summed E-state index contributed by atoms with van der Waals surface area (Å²) in [6.07, 6.45) is 5.63. The van der Waals surface area contributed by atoms with Crippen LogP contribution in [0.25, 0.3) is 0 Å². The molecule has 1 atom stereocenters. The van der Waals surface area contributed by atoms with E-state index in [-0.39, 0.29) is 0 Å². The highest BCUT2D eigenvalue weighted by Gasteiger charge is 2.24. The molecule has 1 heterocycles. The zero-order chi connectivity index (χ0) is 13.2. The van der Waals surface area contributed by atoms with Crippen LogP contribution in [0.4, 0.5) is 0 Å². The summed E-state index contributed by atoms with van der Waals surface area (Å²) in [7, 11) is 0. The minimum absolute atomic E-state index is 0.359. The quantitative estimate of drug-likeness (QED) is 0.863. The second-order valence-electron chi connectivity index (χ2n) is 5.17. The molecule has 0 saturated heterocycles. The van der Waals surface area contributed by atoms with Crippen LogP contribution in [0, 0.1) is 4.77 Å². The number of aromatic amines is 1. The van der Waals surface area contributed by atoms with Gasteiger partial charge in [0.25, 0.3) is 0 Å². The number of nitrogens with zero attached hydrogens (tertiary/aromatic N) is 2. The number of H-pyrrole nitrogens is 1. The van der Waals surface area contributed by atoms with Gasteiger partial charge in [-0.15, -0.1) is 0 Å². The second kappa shape index (κ2) is 5.29. The van der Waals surface area contributed by atoms with E-state index in [1.165, 1.54) is 24.0 Å². The number of fused-ring (bicyclic) bond motifs is 1. The van der Waals surface area contributed by atoms with Gasteiger partial charge < -0.3 is 0 Å². The van der Waals surface area contributed by atoms with Crippen molar-refractivity contribution in [2.45, 2.75) is 45.1 Å². The molecule has 0 amide bonds. The molecule has 3 nitrogen and oxygen atoms in total. The Labute approximate surface area is 118 Å². The Morgan fingerprint density at radius 2 is 2.26 bits per heavy atom. The number of hydrogen-bond acceptors (Lipinski definition) is 2. The zero-order valence-corrected chi connectivity index (χ0v) is 12.0. The lowest BCUT2D eigenvalue weighted by Gasteiger charge is -2.27. The first-order chi connectivity index (χ1) is 9.31. The Balaban J connectivity index is 2.09. The molecule has 100 valence electrons. The fraction of sp³-hybridized carbons (Fsp3) is 0.467. The highest BCUT2D eigenvalue weighted by molar-refractivity contribution is 7.71. The molecule has 0 radical (unpaired) electrons. The Morgan fingerprint density at radius 1 is 1.42 bits per heavy atom. The van der Waals surface area contributed by atoms with E-state index in [1.54, 1.807) is 0 Å². The average molecular weight is 273 g/mol. The predicted octanol–water partition coefficient (Wildman–Crippen LogP) is 3.82. The molecule has 0 fully saturated rings. The van der Waals surface area contributed by atoms with E-state index in [0.717, 1.165) is 29.9 Å². The average Bonchev–Trinajstić information content (AvgIpc) is 2.80. The molecule has 0 bridgehead atoms. The number of nitrogens with one attached hydrogen (secondary N) is 1. The largest absolute Gasteiger partial charge is 0.297 e. The van der Waals surface area contributed by atoms with Crippen LogP contribution in [0.1, 0.15) is 49.2 Å². The lowest BCUT2D eigenvalue weighted by atomic mass is 9.87. The summed E-state index contributed by atoms with van der Waals surface area (Å²) in [6.45, 7) is 2.18. The second-order valence-corrected chi connectivity index (χ2v) is 5.56. The topological polar surface area (TPSA) is 33.6 Å². The fourth-order valence-corrected chi connectivity index (χ4v) is 3.33. The fourth-order valence-electron chi connectivity index (χ4n) is 3.06. The van der Waals surface area contributed by atoms with Crippen LogP contribution in [0.2, 0.25) is 0 Å². The molecule has 1 aromatic carbocycles. The van der Waals surface area contributed by atoms with Gasteiger partial charge in [0.1, 0.15) is 5.82 Å². The Bertz CT molecular complexity index is 626. The van der Waals surface area contributed by atoms with Crippen LogP contribution in [-0.4, -0.2) is 14.8 Å². The van der Waals surface area contributed by atoms with Gasteiger partial charge in [0, 0.05) is 6.42 Å². The van der Waals surface area contributed by atoms with Crippen molar-refractivity contribution >= 4 is 12.2 Å². The first-order valence-electron chi connectivity index (χ1n) is 7.05. The number of aromatic nitrogens is 3. The highest BCUT2D eigenvalue weighted by atomic mass is 32.1. The van der Waals surface area contributed by atoms with E-state index in [0.29, 0.717) is 6.04 Å². The lowest BCUT2D eigenvalue weighted by molar-refractivity contribution is 0.469. The van der Waals surface area contributed by atoms with Crippen LogP contribution in [-0.2, 0) is 12.8 Å². The van der Waals surface area contributed by atoms with Crippen molar-refractivity contribution in [3.05, 3.63) is 46.0 Å². The molecule has 3 rings (SSSR count). The normalized spacial score (nSPS) is 18.3. The molecular formula is C15H19N3S. The van der Waals surface area contributed by atoms with E-state index in [9.17, 15) is 0 Å². The van der Waals surface area contributed by atoms with Crippen LogP contribution >= 0.6 is 12.2 Å². The monoisotopic (exact) mass is 273 g/mol. The predicted molar refractivity (Wildman–Crippen MR) is 78.9 cm³/mol. The molecule has 0 spiro atoms.